The van der Waals surface area contributed by atoms with E-state index >= 15 is 0 Å². The number of aryl methyl sites for hydroxylation is 2. The van der Waals surface area contributed by atoms with Crippen LogP contribution in [0.2, 0.25) is 0 Å². The molecule has 0 fully saturated rings. The molecule has 0 bridgehead atoms. The van der Waals surface area contributed by atoms with Crippen molar-refractivity contribution in [2.45, 2.75) is 20.8 Å². The minimum absolute atomic E-state index is 0.563. The highest BCUT2D eigenvalue weighted by atomic mass is 16.5. The van der Waals surface area contributed by atoms with Crippen LogP contribution >= 0.6 is 0 Å². The molecule has 18 heavy (non-hydrogen) atoms. The third kappa shape index (κ3) is 2.97. The Morgan fingerprint density at radius 3 is 2.67 bits per heavy atom. The van der Waals surface area contributed by atoms with Crippen LogP contribution in [0.15, 0.2) is 30.3 Å². The van der Waals surface area contributed by atoms with Gasteiger partial charge < -0.3 is 10.1 Å². The summed E-state index contributed by atoms with van der Waals surface area (Å²) in [7, 11) is 0. The first-order valence-corrected chi connectivity index (χ1v) is 6.02. The smallest absolute Gasteiger partial charge is 0.226 e. The maximum atomic E-state index is 5.79. The van der Waals surface area contributed by atoms with Crippen molar-refractivity contribution in [1.82, 2.24) is 9.97 Å². The lowest BCUT2D eigenvalue weighted by molar-refractivity contribution is 0.458. The van der Waals surface area contributed by atoms with Crippen molar-refractivity contribution in [2.75, 3.05) is 11.9 Å². The summed E-state index contributed by atoms with van der Waals surface area (Å²) in [5.41, 5.74) is 1.96. The average molecular weight is 243 g/mol. The van der Waals surface area contributed by atoms with Gasteiger partial charge in [-0.15, -0.1) is 0 Å². The van der Waals surface area contributed by atoms with E-state index in [0.29, 0.717) is 11.8 Å². The highest BCUT2D eigenvalue weighted by molar-refractivity contribution is 5.37. The van der Waals surface area contributed by atoms with Crippen LogP contribution < -0.4 is 10.1 Å². The number of aromatic nitrogens is 2. The Hall–Kier alpha value is -2.10. The molecule has 1 heterocycles. The average Bonchev–Trinajstić information content (AvgIpc) is 2.32. The second-order valence-electron chi connectivity index (χ2n) is 4.07. The first-order chi connectivity index (χ1) is 8.69. The van der Waals surface area contributed by atoms with Gasteiger partial charge in [0.05, 0.1) is 0 Å². The fraction of sp³-hybridized carbons (Fsp3) is 0.286. The van der Waals surface area contributed by atoms with E-state index in [-0.39, 0.29) is 0 Å². The van der Waals surface area contributed by atoms with Gasteiger partial charge in [-0.25, -0.2) is 4.98 Å². The molecule has 1 N–H and O–H groups in total. The molecule has 1 aromatic carbocycles. The summed E-state index contributed by atoms with van der Waals surface area (Å²) in [6.07, 6.45) is 0. The molecule has 0 atom stereocenters. The fourth-order valence-corrected chi connectivity index (χ4v) is 1.61. The first kappa shape index (κ1) is 12.4. The Kier molecular flexibility index (Phi) is 3.77. The second kappa shape index (κ2) is 5.49. The number of benzene rings is 1. The lowest BCUT2D eigenvalue weighted by Crippen LogP contribution is -2.04. The van der Waals surface area contributed by atoms with Crippen LogP contribution in [0.3, 0.4) is 0 Å². The lowest BCUT2D eigenvalue weighted by atomic mass is 10.2. The van der Waals surface area contributed by atoms with Gasteiger partial charge in [0.15, 0.2) is 0 Å². The SMILES string of the molecule is CCNc1nc(C)cc(Oc2ccccc2C)n1. The van der Waals surface area contributed by atoms with Crippen LogP contribution in [0.4, 0.5) is 5.95 Å². The molecule has 0 saturated heterocycles. The molecular weight excluding hydrogens is 226 g/mol. The molecular formula is C14H17N3O. The first-order valence-electron chi connectivity index (χ1n) is 6.02. The molecule has 0 aliphatic carbocycles. The van der Waals surface area contributed by atoms with E-state index in [4.69, 9.17) is 4.74 Å². The lowest BCUT2D eigenvalue weighted by Gasteiger charge is -2.09. The van der Waals surface area contributed by atoms with Gasteiger partial charge in [0.25, 0.3) is 0 Å². The Labute approximate surface area is 107 Å². The summed E-state index contributed by atoms with van der Waals surface area (Å²) in [5, 5.41) is 3.09. The number of nitrogens with one attached hydrogen (secondary N) is 1. The topological polar surface area (TPSA) is 47.0 Å². The number of para-hydroxylation sites is 1. The van der Waals surface area contributed by atoms with Gasteiger partial charge in [-0.1, -0.05) is 18.2 Å². The molecule has 4 heteroatoms. The van der Waals surface area contributed by atoms with Gasteiger partial charge in [0.1, 0.15) is 5.75 Å². The Balaban J connectivity index is 2.26. The number of hydrogen-bond acceptors (Lipinski definition) is 4. The zero-order valence-electron chi connectivity index (χ0n) is 10.9. The van der Waals surface area contributed by atoms with Crippen LogP contribution in [0, 0.1) is 13.8 Å². The second-order valence-corrected chi connectivity index (χ2v) is 4.07. The van der Waals surface area contributed by atoms with Crippen LogP contribution in [-0.2, 0) is 0 Å². The zero-order chi connectivity index (χ0) is 13.0. The van der Waals surface area contributed by atoms with Gasteiger partial charge in [-0.2, -0.15) is 4.98 Å². The molecule has 0 spiro atoms. The zero-order valence-corrected chi connectivity index (χ0v) is 10.9. The largest absolute Gasteiger partial charge is 0.439 e. The standard InChI is InChI=1S/C14H17N3O/c1-4-15-14-16-11(3)9-13(17-14)18-12-8-6-5-7-10(12)2/h5-9H,4H2,1-3H3,(H,15,16,17). The Morgan fingerprint density at radius 2 is 1.94 bits per heavy atom. The monoisotopic (exact) mass is 243 g/mol. The van der Waals surface area contributed by atoms with Crippen molar-refractivity contribution >= 4 is 5.95 Å². The molecule has 1 aromatic heterocycles. The fourth-order valence-electron chi connectivity index (χ4n) is 1.61. The van der Waals surface area contributed by atoms with Crippen LogP contribution in [0.25, 0.3) is 0 Å². The number of hydrogen-bond donors (Lipinski definition) is 1. The third-order valence-corrected chi connectivity index (χ3v) is 2.47. The number of ether oxygens (including phenoxy) is 1. The van der Waals surface area contributed by atoms with Crippen molar-refractivity contribution in [2.24, 2.45) is 0 Å². The quantitative estimate of drug-likeness (QED) is 0.894. The van der Waals surface area contributed by atoms with Crippen LogP contribution in [0.5, 0.6) is 11.6 Å². The molecule has 0 saturated carbocycles. The van der Waals surface area contributed by atoms with Gasteiger partial charge >= 0.3 is 0 Å². The van der Waals surface area contributed by atoms with Crippen molar-refractivity contribution in [3.8, 4) is 11.6 Å². The van der Waals surface area contributed by atoms with E-state index in [1.807, 2.05) is 51.1 Å². The summed E-state index contributed by atoms with van der Waals surface area (Å²) in [5.74, 6) is 1.98. The van der Waals surface area contributed by atoms with E-state index in [2.05, 4.69) is 15.3 Å². The summed E-state index contributed by atoms with van der Waals surface area (Å²) in [6, 6.07) is 9.70. The van der Waals surface area contributed by atoms with Crippen LogP contribution in [-0.4, -0.2) is 16.5 Å². The number of anilines is 1. The van der Waals surface area contributed by atoms with Gasteiger partial charge in [0.2, 0.25) is 11.8 Å². The van der Waals surface area contributed by atoms with Gasteiger partial charge in [-0.05, 0) is 32.4 Å². The third-order valence-electron chi connectivity index (χ3n) is 2.47. The molecule has 0 radical (unpaired) electrons. The predicted octanol–water partition coefficient (Wildman–Crippen LogP) is 3.32. The maximum Gasteiger partial charge on any atom is 0.226 e. The highest BCUT2D eigenvalue weighted by Crippen LogP contribution is 2.24. The van der Waals surface area contributed by atoms with E-state index in [0.717, 1.165) is 23.6 Å². The molecule has 0 aliphatic rings. The van der Waals surface area contributed by atoms with E-state index in [1.165, 1.54) is 0 Å². The molecule has 0 amide bonds. The minimum Gasteiger partial charge on any atom is -0.439 e. The predicted molar refractivity (Wildman–Crippen MR) is 72.2 cm³/mol. The minimum atomic E-state index is 0.563. The number of rotatable bonds is 4. The van der Waals surface area contributed by atoms with Crippen molar-refractivity contribution < 1.29 is 4.74 Å². The summed E-state index contributed by atoms with van der Waals surface area (Å²) in [4.78, 5) is 8.60. The van der Waals surface area contributed by atoms with Crippen molar-refractivity contribution in [3.63, 3.8) is 0 Å². The Bertz CT molecular complexity index is 540. The van der Waals surface area contributed by atoms with Gasteiger partial charge in [-0.3, -0.25) is 0 Å². The molecule has 2 rings (SSSR count). The summed E-state index contributed by atoms with van der Waals surface area (Å²) in [6.45, 7) is 6.72. The Morgan fingerprint density at radius 1 is 1.17 bits per heavy atom. The highest BCUT2D eigenvalue weighted by Gasteiger charge is 2.05. The number of nitrogens with zero attached hydrogens (tertiary/aromatic N) is 2. The van der Waals surface area contributed by atoms with Crippen LogP contribution in [0.1, 0.15) is 18.2 Å². The molecule has 0 aliphatic heterocycles. The summed E-state index contributed by atoms with van der Waals surface area (Å²) >= 11 is 0. The van der Waals surface area contributed by atoms with Crippen molar-refractivity contribution in [1.29, 1.82) is 0 Å². The molecule has 94 valence electrons. The van der Waals surface area contributed by atoms with E-state index in [1.54, 1.807) is 0 Å². The normalized spacial score (nSPS) is 10.2. The maximum absolute atomic E-state index is 5.79. The molecule has 4 nitrogen and oxygen atoms in total. The molecule has 2 aromatic rings. The summed E-state index contributed by atoms with van der Waals surface area (Å²) < 4.78 is 5.79. The molecule has 0 unspecified atom stereocenters. The van der Waals surface area contributed by atoms with E-state index < -0.39 is 0 Å². The van der Waals surface area contributed by atoms with E-state index in [9.17, 15) is 0 Å². The van der Waals surface area contributed by atoms with Crippen molar-refractivity contribution in [3.05, 3.63) is 41.6 Å². The van der Waals surface area contributed by atoms with Gasteiger partial charge in [0, 0.05) is 18.3 Å².